The maximum Gasteiger partial charge on any atom is 0.175 e. The van der Waals surface area contributed by atoms with Crippen molar-refractivity contribution in [2.24, 2.45) is 0 Å². The molecule has 5 heteroatoms. The normalized spacial score (nSPS) is 10.5. The summed E-state index contributed by atoms with van der Waals surface area (Å²) in [6.07, 6.45) is 0. The van der Waals surface area contributed by atoms with Crippen LogP contribution in [0.15, 0.2) is 0 Å². The maximum atomic E-state index is 12.6. The average molecular weight is 290 g/mol. The second kappa shape index (κ2) is 3.20. The van der Waals surface area contributed by atoms with E-state index in [9.17, 15) is 17.6 Å². The van der Waals surface area contributed by atoms with Gasteiger partial charge in [0.2, 0.25) is 0 Å². The molecule has 0 nitrogen and oxygen atoms in total. The molecule has 0 heterocycles. The molecule has 0 atom stereocenters. The van der Waals surface area contributed by atoms with Crippen LogP contribution in [-0.2, 0) is 0 Å². The van der Waals surface area contributed by atoms with Gasteiger partial charge in [0.1, 0.15) is 0 Å². The molecule has 1 aromatic rings. The number of rotatable bonds is 0. The standard InChI is InChI=1S/C7H3F4I/c1-2-3(8)5(10)7(12)6(11)4(2)9/h1H3. The fourth-order valence-corrected chi connectivity index (χ4v) is 1.19. The summed E-state index contributed by atoms with van der Waals surface area (Å²) in [6.45, 7) is 0.979. The Balaban J connectivity index is 3.60. The van der Waals surface area contributed by atoms with E-state index < -0.39 is 32.4 Å². The molecule has 0 N–H and O–H groups in total. The van der Waals surface area contributed by atoms with E-state index in [4.69, 9.17) is 0 Å². The van der Waals surface area contributed by atoms with Gasteiger partial charge >= 0.3 is 0 Å². The van der Waals surface area contributed by atoms with Crippen molar-refractivity contribution in [1.29, 1.82) is 0 Å². The summed E-state index contributed by atoms with van der Waals surface area (Å²) in [5.74, 6) is -5.35. The minimum Gasteiger partial charge on any atom is -0.203 e. The Kier molecular flexibility index (Phi) is 2.60. The van der Waals surface area contributed by atoms with Crippen molar-refractivity contribution in [3.05, 3.63) is 32.4 Å². The molecule has 0 fully saturated rings. The van der Waals surface area contributed by atoms with Crippen LogP contribution in [0, 0.1) is 33.8 Å². The fourth-order valence-electron chi connectivity index (χ4n) is 0.715. The van der Waals surface area contributed by atoms with Crippen LogP contribution < -0.4 is 0 Å². The molecule has 12 heavy (non-hydrogen) atoms. The Labute approximate surface area is 79.7 Å². The second-order valence-corrected chi connectivity index (χ2v) is 3.27. The molecule has 0 spiro atoms. The maximum absolute atomic E-state index is 12.6. The summed E-state index contributed by atoms with van der Waals surface area (Å²) >= 11 is 1.21. The summed E-state index contributed by atoms with van der Waals surface area (Å²) in [6, 6.07) is 0. The van der Waals surface area contributed by atoms with Crippen LogP contribution in [0.1, 0.15) is 5.56 Å². The first-order chi connectivity index (χ1) is 5.46. The number of benzene rings is 1. The predicted molar refractivity (Wildman–Crippen MR) is 43.7 cm³/mol. The van der Waals surface area contributed by atoms with Gasteiger partial charge in [0.05, 0.1) is 3.57 Å². The number of halogens is 5. The molecular formula is C7H3F4I. The first-order valence-electron chi connectivity index (χ1n) is 2.94. The van der Waals surface area contributed by atoms with Crippen LogP contribution in [0.25, 0.3) is 0 Å². The van der Waals surface area contributed by atoms with Crippen molar-refractivity contribution in [3.8, 4) is 0 Å². The molecule has 0 unspecified atom stereocenters. The SMILES string of the molecule is Cc1c(F)c(F)c(I)c(F)c1F. The lowest BCUT2D eigenvalue weighted by atomic mass is 10.2. The molecular weight excluding hydrogens is 287 g/mol. The molecule has 1 aromatic carbocycles. The predicted octanol–water partition coefficient (Wildman–Crippen LogP) is 3.16. The molecule has 0 saturated carbocycles. The third kappa shape index (κ3) is 1.30. The van der Waals surface area contributed by atoms with Gasteiger partial charge < -0.3 is 0 Å². The van der Waals surface area contributed by atoms with E-state index in [1.807, 2.05) is 0 Å². The zero-order chi connectivity index (χ0) is 9.46. The van der Waals surface area contributed by atoms with Crippen LogP contribution in [0.3, 0.4) is 0 Å². The van der Waals surface area contributed by atoms with E-state index in [2.05, 4.69) is 0 Å². The quantitative estimate of drug-likeness (QED) is 0.298. The van der Waals surface area contributed by atoms with Crippen LogP contribution in [-0.4, -0.2) is 0 Å². The molecule has 0 radical (unpaired) electrons. The summed E-state index contributed by atoms with van der Waals surface area (Å²) in [5, 5.41) is 0. The molecule has 0 bridgehead atoms. The lowest BCUT2D eigenvalue weighted by Crippen LogP contribution is -2.02. The van der Waals surface area contributed by atoms with Gasteiger partial charge in [-0.05, 0) is 29.5 Å². The van der Waals surface area contributed by atoms with E-state index >= 15 is 0 Å². The molecule has 0 amide bonds. The van der Waals surface area contributed by atoms with Gasteiger partial charge in [0.15, 0.2) is 23.3 Å². The van der Waals surface area contributed by atoms with Crippen LogP contribution in [0.4, 0.5) is 17.6 Å². The van der Waals surface area contributed by atoms with Crippen molar-refractivity contribution >= 4 is 22.6 Å². The third-order valence-corrected chi connectivity index (χ3v) is 2.38. The minimum absolute atomic E-state index is 0.634. The zero-order valence-electron chi connectivity index (χ0n) is 5.89. The fraction of sp³-hybridized carbons (Fsp3) is 0.143. The van der Waals surface area contributed by atoms with Crippen LogP contribution in [0.5, 0.6) is 0 Å². The molecule has 0 saturated heterocycles. The Hall–Kier alpha value is -0.330. The van der Waals surface area contributed by atoms with Crippen molar-refractivity contribution < 1.29 is 17.6 Å². The van der Waals surface area contributed by atoms with Gasteiger partial charge in [-0.25, -0.2) is 17.6 Å². The van der Waals surface area contributed by atoms with Gasteiger partial charge in [-0.15, -0.1) is 0 Å². The van der Waals surface area contributed by atoms with E-state index in [1.165, 1.54) is 22.6 Å². The Bertz CT molecular complexity index is 230. The topological polar surface area (TPSA) is 0 Å². The summed E-state index contributed by atoms with van der Waals surface area (Å²) in [4.78, 5) is 0. The Morgan fingerprint density at radius 1 is 0.833 bits per heavy atom. The van der Waals surface area contributed by atoms with Gasteiger partial charge in [0, 0.05) is 5.56 Å². The van der Waals surface area contributed by atoms with Gasteiger partial charge in [0.25, 0.3) is 0 Å². The first kappa shape index (κ1) is 9.76. The largest absolute Gasteiger partial charge is 0.203 e. The van der Waals surface area contributed by atoms with E-state index in [-0.39, 0.29) is 0 Å². The molecule has 0 aromatic heterocycles. The monoisotopic (exact) mass is 290 g/mol. The molecule has 0 aliphatic heterocycles. The Morgan fingerprint density at radius 3 is 1.50 bits per heavy atom. The minimum atomic E-state index is -1.34. The van der Waals surface area contributed by atoms with Crippen molar-refractivity contribution in [3.63, 3.8) is 0 Å². The van der Waals surface area contributed by atoms with E-state index in [1.54, 1.807) is 0 Å². The second-order valence-electron chi connectivity index (χ2n) is 2.19. The number of hydrogen-bond acceptors (Lipinski definition) is 0. The summed E-state index contributed by atoms with van der Waals surface area (Å²) in [7, 11) is 0. The lowest BCUT2D eigenvalue weighted by molar-refractivity contribution is 0.437. The highest BCUT2D eigenvalue weighted by Gasteiger charge is 2.20. The van der Waals surface area contributed by atoms with Crippen molar-refractivity contribution in [2.75, 3.05) is 0 Å². The zero-order valence-corrected chi connectivity index (χ0v) is 8.05. The molecule has 0 aliphatic carbocycles. The van der Waals surface area contributed by atoms with Crippen LogP contribution in [0.2, 0.25) is 0 Å². The highest BCUT2D eigenvalue weighted by molar-refractivity contribution is 14.1. The highest BCUT2D eigenvalue weighted by atomic mass is 127. The van der Waals surface area contributed by atoms with Crippen molar-refractivity contribution in [2.45, 2.75) is 6.92 Å². The van der Waals surface area contributed by atoms with Gasteiger partial charge in [-0.3, -0.25) is 0 Å². The molecule has 0 aliphatic rings. The Morgan fingerprint density at radius 2 is 1.17 bits per heavy atom. The first-order valence-corrected chi connectivity index (χ1v) is 4.02. The third-order valence-electron chi connectivity index (χ3n) is 1.43. The van der Waals surface area contributed by atoms with Crippen molar-refractivity contribution in [1.82, 2.24) is 0 Å². The highest BCUT2D eigenvalue weighted by Crippen LogP contribution is 2.24. The summed E-state index contributed by atoms with van der Waals surface area (Å²) < 4.78 is 49.9. The van der Waals surface area contributed by atoms with E-state index in [0.717, 1.165) is 6.92 Å². The van der Waals surface area contributed by atoms with Gasteiger partial charge in [-0.2, -0.15) is 0 Å². The van der Waals surface area contributed by atoms with Crippen LogP contribution >= 0.6 is 22.6 Å². The summed E-state index contributed by atoms with van der Waals surface area (Å²) in [5.41, 5.74) is -0.634. The van der Waals surface area contributed by atoms with E-state index in [0.29, 0.717) is 0 Å². The molecule has 66 valence electrons. The average Bonchev–Trinajstić information content (AvgIpc) is 2.08. The lowest BCUT2D eigenvalue weighted by Gasteiger charge is -2.03. The smallest absolute Gasteiger partial charge is 0.175 e. The molecule has 1 rings (SSSR count). The van der Waals surface area contributed by atoms with Gasteiger partial charge in [-0.1, -0.05) is 0 Å². The number of hydrogen-bond donors (Lipinski definition) is 0.